The molecule has 0 N–H and O–H groups in total. The molecule has 0 amide bonds. The van der Waals surface area contributed by atoms with Crippen LogP contribution in [0.1, 0.15) is 23.9 Å². The smallest absolute Gasteiger partial charge is 0.275 e. The maximum Gasteiger partial charge on any atom is 0.287 e. The zero-order valence-corrected chi connectivity index (χ0v) is 10.8. The maximum absolute atomic E-state index is 10.5. The van der Waals surface area contributed by atoms with Crippen LogP contribution in [0, 0.1) is 10.1 Å². The Morgan fingerprint density at radius 2 is 2.21 bits per heavy atom. The van der Waals surface area contributed by atoms with E-state index in [0.29, 0.717) is 5.69 Å². The molecule has 0 saturated carbocycles. The van der Waals surface area contributed by atoms with Crippen LogP contribution in [-0.2, 0) is 13.5 Å². The van der Waals surface area contributed by atoms with Gasteiger partial charge in [-0.2, -0.15) is 5.10 Å². The van der Waals surface area contributed by atoms with Gasteiger partial charge in [-0.1, -0.05) is 6.92 Å². The number of pyridine rings is 1. The third-order valence-corrected chi connectivity index (χ3v) is 2.69. The van der Waals surface area contributed by atoms with Gasteiger partial charge in [-0.15, -0.1) is 0 Å². The quantitative estimate of drug-likeness (QED) is 0.623. The highest BCUT2D eigenvalue weighted by atomic mass is 16.6. The van der Waals surface area contributed by atoms with Crippen molar-refractivity contribution in [3.05, 3.63) is 51.6 Å². The van der Waals surface area contributed by atoms with Crippen molar-refractivity contribution >= 4 is 17.8 Å². The van der Waals surface area contributed by atoms with Crippen molar-refractivity contribution in [2.75, 3.05) is 0 Å². The first kappa shape index (κ1) is 12.9. The monoisotopic (exact) mass is 258 g/mol. The average molecular weight is 258 g/mol. The predicted octanol–water partition coefficient (Wildman–Crippen LogP) is 2.46. The number of aryl methyl sites for hydroxylation is 2. The second kappa shape index (κ2) is 5.43. The van der Waals surface area contributed by atoms with Gasteiger partial charge in [0.15, 0.2) is 0 Å². The number of hydrogen-bond donors (Lipinski definition) is 0. The Morgan fingerprint density at radius 3 is 2.79 bits per heavy atom. The van der Waals surface area contributed by atoms with E-state index >= 15 is 0 Å². The maximum atomic E-state index is 10.5. The summed E-state index contributed by atoms with van der Waals surface area (Å²) in [5.74, 6) is 0. The molecule has 2 heterocycles. The van der Waals surface area contributed by atoms with Crippen molar-refractivity contribution in [2.45, 2.75) is 13.3 Å². The van der Waals surface area contributed by atoms with Crippen LogP contribution >= 0.6 is 0 Å². The van der Waals surface area contributed by atoms with Crippen molar-refractivity contribution in [3.8, 4) is 0 Å². The molecular formula is C13H14N4O2. The molecule has 2 aromatic heterocycles. The van der Waals surface area contributed by atoms with Gasteiger partial charge in [0.05, 0.1) is 16.3 Å². The predicted molar refractivity (Wildman–Crippen MR) is 72.4 cm³/mol. The van der Waals surface area contributed by atoms with E-state index in [1.54, 1.807) is 10.7 Å². The van der Waals surface area contributed by atoms with Gasteiger partial charge in [-0.3, -0.25) is 14.8 Å². The molecule has 0 spiro atoms. The van der Waals surface area contributed by atoms with E-state index in [1.807, 2.05) is 32.3 Å². The van der Waals surface area contributed by atoms with Gasteiger partial charge in [0.1, 0.15) is 6.20 Å². The number of aromatic nitrogens is 3. The molecule has 2 rings (SSSR count). The van der Waals surface area contributed by atoms with E-state index in [0.717, 1.165) is 17.7 Å². The largest absolute Gasteiger partial charge is 0.287 e. The van der Waals surface area contributed by atoms with E-state index < -0.39 is 4.92 Å². The van der Waals surface area contributed by atoms with Gasteiger partial charge >= 0.3 is 0 Å². The zero-order valence-electron chi connectivity index (χ0n) is 10.8. The van der Waals surface area contributed by atoms with Crippen molar-refractivity contribution in [2.24, 2.45) is 7.05 Å². The lowest BCUT2D eigenvalue weighted by Crippen LogP contribution is -1.89. The summed E-state index contributed by atoms with van der Waals surface area (Å²) in [6.07, 6.45) is 7.78. The second-order valence-corrected chi connectivity index (χ2v) is 4.09. The van der Waals surface area contributed by atoms with Gasteiger partial charge < -0.3 is 0 Å². The first-order valence-corrected chi connectivity index (χ1v) is 5.91. The van der Waals surface area contributed by atoms with Crippen LogP contribution in [-0.4, -0.2) is 19.7 Å². The Balaban J connectivity index is 2.20. The Labute approximate surface area is 110 Å². The molecule has 6 heteroatoms. The average Bonchev–Trinajstić information content (AvgIpc) is 2.77. The van der Waals surface area contributed by atoms with Crippen molar-refractivity contribution in [3.63, 3.8) is 0 Å². The van der Waals surface area contributed by atoms with Crippen LogP contribution in [0.5, 0.6) is 0 Å². The molecule has 98 valence electrons. The summed E-state index contributed by atoms with van der Waals surface area (Å²) < 4.78 is 1.77. The molecule has 19 heavy (non-hydrogen) atoms. The lowest BCUT2D eigenvalue weighted by atomic mass is 10.2. The summed E-state index contributed by atoms with van der Waals surface area (Å²) in [6, 6.07) is 3.06. The molecule has 0 bridgehead atoms. The third kappa shape index (κ3) is 3.04. The van der Waals surface area contributed by atoms with Gasteiger partial charge in [-0.05, 0) is 24.6 Å². The van der Waals surface area contributed by atoms with Crippen LogP contribution in [0.4, 0.5) is 5.69 Å². The summed E-state index contributed by atoms with van der Waals surface area (Å²) >= 11 is 0. The fourth-order valence-electron chi connectivity index (χ4n) is 1.75. The number of hydrogen-bond acceptors (Lipinski definition) is 4. The van der Waals surface area contributed by atoms with E-state index in [1.165, 1.54) is 12.3 Å². The van der Waals surface area contributed by atoms with Crippen LogP contribution in [0.25, 0.3) is 12.2 Å². The second-order valence-electron chi connectivity index (χ2n) is 4.09. The molecule has 2 aromatic rings. The Bertz CT molecular complexity index is 614. The van der Waals surface area contributed by atoms with E-state index in [4.69, 9.17) is 0 Å². The van der Waals surface area contributed by atoms with Crippen molar-refractivity contribution in [1.82, 2.24) is 14.8 Å². The minimum absolute atomic E-state index is 0.00669. The van der Waals surface area contributed by atoms with Crippen LogP contribution in [0.3, 0.4) is 0 Å². The van der Waals surface area contributed by atoms with Crippen LogP contribution in [0.2, 0.25) is 0 Å². The molecule has 6 nitrogen and oxygen atoms in total. The first-order chi connectivity index (χ1) is 9.10. The fourth-order valence-corrected chi connectivity index (χ4v) is 1.75. The van der Waals surface area contributed by atoms with Gasteiger partial charge in [0.25, 0.3) is 5.69 Å². The SMILES string of the molecule is CCc1nn(C)cc1C=Cc1ccc([N+](=O)[O-])cn1. The molecular weight excluding hydrogens is 244 g/mol. The van der Waals surface area contributed by atoms with Crippen molar-refractivity contribution < 1.29 is 4.92 Å². The molecule has 0 aromatic carbocycles. The van der Waals surface area contributed by atoms with Crippen LogP contribution < -0.4 is 0 Å². The van der Waals surface area contributed by atoms with Gasteiger partial charge in [-0.25, -0.2) is 4.98 Å². The lowest BCUT2D eigenvalue weighted by molar-refractivity contribution is -0.385. The number of nitro groups is 1. The minimum atomic E-state index is -0.462. The normalized spacial score (nSPS) is 11.1. The summed E-state index contributed by atoms with van der Waals surface area (Å²) in [7, 11) is 1.88. The zero-order chi connectivity index (χ0) is 13.8. The fraction of sp³-hybridized carbons (Fsp3) is 0.231. The Hall–Kier alpha value is -2.50. The number of rotatable bonds is 4. The molecule has 0 saturated heterocycles. The molecule has 0 atom stereocenters. The minimum Gasteiger partial charge on any atom is -0.275 e. The Morgan fingerprint density at radius 1 is 1.42 bits per heavy atom. The van der Waals surface area contributed by atoms with E-state index in [2.05, 4.69) is 10.1 Å². The third-order valence-electron chi connectivity index (χ3n) is 2.69. The molecule has 0 aliphatic heterocycles. The standard InChI is InChI=1S/C13H14N4O2/c1-3-13-10(9-16(2)15-13)4-5-11-6-7-12(8-14-11)17(18)19/h4-9H,3H2,1-2H3. The lowest BCUT2D eigenvalue weighted by Gasteiger charge is -1.94. The highest BCUT2D eigenvalue weighted by Crippen LogP contribution is 2.13. The summed E-state index contributed by atoms with van der Waals surface area (Å²) in [6.45, 7) is 2.05. The topological polar surface area (TPSA) is 73.8 Å². The summed E-state index contributed by atoms with van der Waals surface area (Å²) in [5, 5.41) is 14.8. The first-order valence-electron chi connectivity index (χ1n) is 5.91. The van der Waals surface area contributed by atoms with Gasteiger partial charge in [0.2, 0.25) is 0 Å². The van der Waals surface area contributed by atoms with E-state index in [-0.39, 0.29) is 5.69 Å². The molecule has 0 unspecified atom stereocenters. The number of nitrogens with zero attached hydrogens (tertiary/aromatic N) is 4. The summed E-state index contributed by atoms with van der Waals surface area (Å²) in [4.78, 5) is 14.1. The highest BCUT2D eigenvalue weighted by Gasteiger charge is 2.05. The molecule has 0 radical (unpaired) electrons. The summed E-state index contributed by atoms with van der Waals surface area (Å²) in [5.41, 5.74) is 2.72. The van der Waals surface area contributed by atoms with Crippen molar-refractivity contribution in [1.29, 1.82) is 0 Å². The van der Waals surface area contributed by atoms with E-state index in [9.17, 15) is 10.1 Å². The molecule has 0 aliphatic rings. The Kier molecular flexibility index (Phi) is 3.70. The molecule has 0 aliphatic carbocycles. The highest BCUT2D eigenvalue weighted by molar-refractivity contribution is 5.69. The molecule has 0 fully saturated rings. The van der Waals surface area contributed by atoms with Gasteiger partial charge in [0, 0.05) is 24.9 Å². The van der Waals surface area contributed by atoms with Crippen LogP contribution in [0.15, 0.2) is 24.5 Å².